The SMILES string of the molecule is CCCC1([Si](C)(C)C)CC1. The molecule has 0 radical (unpaired) electrons. The lowest BCUT2D eigenvalue weighted by Gasteiger charge is -2.28. The first-order valence-corrected chi connectivity index (χ1v) is 8.02. The van der Waals surface area contributed by atoms with E-state index in [1.54, 1.807) is 0 Å². The van der Waals surface area contributed by atoms with Gasteiger partial charge in [-0.2, -0.15) is 0 Å². The van der Waals surface area contributed by atoms with Crippen LogP contribution in [0.4, 0.5) is 0 Å². The molecule has 0 nitrogen and oxygen atoms in total. The van der Waals surface area contributed by atoms with Crippen LogP contribution in [0.2, 0.25) is 24.7 Å². The summed E-state index contributed by atoms with van der Waals surface area (Å²) in [6, 6.07) is 0. The van der Waals surface area contributed by atoms with E-state index >= 15 is 0 Å². The summed E-state index contributed by atoms with van der Waals surface area (Å²) < 4.78 is 0. The summed E-state index contributed by atoms with van der Waals surface area (Å²) in [4.78, 5) is 0. The van der Waals surface area contributed by atoms with E-state index in [-0.39, 0.29) is 0 Å². The van der Waals surface area contributed by atoms with Crippen molar-refractivity contribution in [3.8, 4) is 0 Å². The molecule has 60 valence electrons. The van der Waals surface area contributed by atoms with Crippen molar-refractivity contribution in [2.75, 3.05) is 0 Å². The Balaban J connectivity index is 2.52. The minimum atomic E-state index is -0.795. The molecule has 0 N–H and O–H groups in total. The van der Waals surface area contributed by atoms with Gasteiger partial charge in [0.2, 0.25) is 0 Å². The van der Waals surface area contributed by atoms with Crippen LogP contribution in [-0.2, 0) is 0 Å². The molecule has 0 aliphatic heterocycles. The van der Waals surface area contributed by atoms with Gasteiger partial charge < -0.3 is 0 Å². The lowest BCUT2D eigenvalue weighted by molar-refractivity contribution is 0.701. The van der Waals surface area contributed by atoms with Crippen LogP contribution in [0.5, 0.6) is 0 Å². The van der Waals surface area contributed by atoms with E-state index in [0.717, 1.165) is 5.04 Å². The highest BCUT2D eigenvalue weighted by Crippen LogP contribution is 2.63. The molecule has 0 aromatic rings. The fourth-order valence-corrected chi connectivity index (χ4v) is 4.63. The summed E-state index contributed by atoms with van der Waals surface area (Å²) in [6.07, 6.45) is 5.97. The normalized spacial score (nSPS) is 22.8. The van der Waals surface area contributed by atoms with E-state index in [0.29, 0.717) is 0 Å². The van der Waals surface area contributed by atoms with Crippen LogP contribution in [0.1, 0.15) is 32.6 Å². The van der Waals surface area contributed by atoms with Gasteiger partial charge in [0.1, 0.15) is 0 Å². The first kappa shape index (κ1) is 8.31. The third-order valence-electron chi connectivity index (χ3n) is 3.17. The Labute approximate surface area is 66.0 Å². The van der Waals surface area contributed by atoms with E-state index in [1.165, 1.54) is 25.7 Å². The summed E-state index contributed by atoms with van der Waals surface area (Å²) >= 11 is 0. The quantitative estimate of drug-likeness (QED) is 0.547. The van der Waals surface area contributed by atoms with Gasteiger partial charge in [0.05, 0.1) is 8.07 Å². The fraction of sp³-hybridized carbons (Fsp3) is 1.00. The highest BCUT2D eigenvalue weighted by Gasteiger charge is 2.51. The minimum Gasteiger partial charge on any atom is -0.0691 e. The molecule has 0 unspecified atom stereocenters. The highest BCUT2D eigenvalue weighted by atomic mass is 28.3. The van der Waals surface area contributed by atoms with Gasteiger partial charge in [-0.1, -0.05) is 39.4 Å². The second-order valence-electron chi connectivity index (χ2n) is 4.78. The van der Waals surface area contributed by atoms with Crippen molar-refractivity contribution >= 4 is 8.07 Å². The van der Waals surface area contributed by atoms with Gasteiger partial charge in [0, 0.05) is 0 Å². The molecule has 0 aromatic heterocycles. The molecular weight excluding hydrogens is 136 g/mol. The van der Waals surface area contributed by atoms with Gasteiger partial charge in [-0.15, -0.1) is 0 Å². The molecule has 0 saturated heterocycles. The minimum absolute atomic E-state index is 0.795. The monoisotopic (exact) mass is 156 g/mol. The lowest BCUT2D eigenvalue weighted by atomic mass is 10.2. The highest BCUT2D eigenvalue weighted by molar-refractivity contribution is 6.80. The maximum Gasteiger partial charge on any atom is 0.0505 e. The van der Waals surface area contributed by atoms with E-state index in [9.17, 15) is 0 Å². The summed E-state index contributed by atoms with van der Waals surface area (Å²) in [6.45, 7) is 9.89. The largest absolute Gasteiger partial charge is 0.0691 e. The molecule has 0 bridgehead atoms. The Morgan fingerprint density at radius 1 is 1.20 bits per heavy atom. The molecule has 1 heteroatoms. The van der Waals surface area contributed by atoms with Crippen molar-refractivity contribution in [1.82, 2.24) is 0 Å². The molecule has 0 spiro atoms. The zero-order valence-electron chi connectivity index (χ0n) is 7.83. The average Bonchev–Trinajstić information content (AvgIpc) is 2.45. The predicted molar refractivity (Wildman–Crippen MR) is 50.2 cm³/mol. The van der Waals surface area contributed by atoms with E-state index in [4.69, 9.17) is 0 Å². The molecule has 0 atom stereocenters. The number of rotatable bonds is 3. The predicted octanol–water partition coefficient (Wildman–Crippen LogP) is 3.66. The number of hydrogen-bond donors (Lipinski definition) is 0. The molecule has 1 rings (SSSR count). The van der Waals surface area contributed by atoms with Crippen LogP contribution < -0.4 is 0 Å². The zero-order chi connectivity index (χ0) is 7.83. The molecule has 1 saturated carbocycles. The van der Waals surface area contributed by atoms with E-state index < -0.39 is 8.07 Å². The smallest absolute Gasteiger partial charge is 0.0505 e. The van der Waals surface area contributed by atoms with Gasteiger partial charge in [-0.05, 0) is 17.9 Å². The van der Waals surface area contributed by atoms with Crippen LogP contribution in [0.15, 0.2) is 0 Å². The summed E-state index contributed by atoms with van der Waals surface area (Å²) in [5.41, 5.74) is 0. The van der Waals surface area contributed by atoms with Gasteiger partial charge in [-0.3, -0.25) is 0 Å². The lowest BCUT2D eigenvalue weighted by Crippen LogP contribution is -2.29. The Morgan fingerprint density at radius 2 is 1.70 bits per heavy atom. The topological polar surface area (TPSA) is 0 Å². The Kier molecular flexibility index (Phi) is 1.97. The van der Waals surface area contributed by atoms with Crippen molar-refractivity contribution in [2.45, 2.75) is 57.3 Å². The molecule has 0 aromatic carbocycles. The second kappa shape index (κ2) is 2.37. The van der Waals surface area contributed by atoms with Crippen molar-refractivity contribution < 1.29 is 0 Å². The molecule has 0 amide bonds. The van der Waals surface area contributed by atoms with Crippen LogP contribution in [0, 0.1) is 0 Å². The maximum absolute atomic E-state index is 2.52. The molecule has 1 aliphatic carbocycles. The summed E-state index contributed by atoms with van der Waals surface area (Å²) in [5, 5.41) is 0.877. The van der Waals surface area contributed by atoms with E-state index in [1.807, 2.05) is 0 Å². The van der Waals surface area contributed by atoms with Crippen LogP contribution >= 0.6 is 0 Å². The van der Waals surface area contributed by atoms with Crippen molar-refractivity contribution in [3.05, 3.63) is 0 Å². The van der Waals surface area contributed by atoms with Crippen molar-refractivity contribution in [1.29, 1.82) is 0 Å². The Morgan fingerprint density at radius 3 is 1.80 bits per heavy atom. The van der Waals surface area contributed by atoms with Gasteiger partial charge in [0.25, 0.3) is 0 Å². The third-order valence-corrected chi connectivity index (χ3v) is 7.11. The third kappa shape index (κ3) is 1.29. The van der Waals surface area contributed by atoms with Gasteiger partial charge in [-0.25, -0.2) is 0 Å². The standard InChI is InChI=1S/C9H20Si/c1-5-6-9(7-8-9)10(2,3)4/h5-8H2,1-4H3. The van der Waals surface area contributed by atoms with Gasteiger partial charge >= 0.3 is 0 Å². The van der Waals surface area contributed by atoms with Crippen molar-refractivity contribution in [3.63, 3.8) is 0 Å². The molecular formula is C9H20Si. The zero-order valence-corrected chi connectivity index (χ0v) is 8.83. The fourth-order valence-electron chi connectivity index (χ4n) is 2.00. The van der Waals surface area contributed by atoms with Crippen molar-refractivity contribution in [2.24, 2.45) is 0 Å². The first-order chi connectivity index (χ1) is 4.52. The second-order valence-corrected chi connectivity index (χ2v) is 10.3. The maximum atomic E-state index is 2.52. The molecule has 1 aliphatic rings. The number of hydrogen-bond acceptors (Lipinski definition) is 0. The summed E-state index contributed by atoms with van der Waals surface area (Å²) in [5.74, 6) is 0. The molecule has 0 heterocycles. The average molecular weight is 156 g/mol. The van der Waals surface area contributed by atoms with Crippen LogP contribution in [-0.4, -0.2) is 8.07 Å². The van der Waals surface area contributed by atoms with Crippen LogP contribution in [0.3, 0.4) is 0 Å². The molecule has 1 fully saturated rings. The van der Waals surface area contributed by atoms with Crippen LogP contribution in [0.25, 0.3) is 0 Å². The van der Waals surface area contributed by atoms with Gasteiger partial charge in [0.15, 0.2) is 0 Å². The first-order valence-electron chi connectivity index (χ1n) is 4.52. The summed E-state index contributed by atoms with van der Waals surface area (Å²) in [7, 11) is -0.795. The van der Waals surface area contributed by atoms with E-state index in [2.05, 4.69) is 26.6 Å². The Bertz CT molecular complexity index is 117. The Hall–Kier alpha value is 0.217. The molecule has 10 heavy (non-hydrogen) atoms.